The van der Waals surface area contributed by atoms with E-state index in [0.29, 0.717) is 0 Å². The van der Waals surface area contributed by atoms with Gasteiger partial charge in [0, 0.05) is 6.42 Å². The normalized spacial score (nSPS) is 9.45. The van der Waals surface area contributed by atoms with E-state index in [4.69, 9.17) is 5.26 Å². The molecule has 1 nitrogen and oxygen atoms in total. The number of nitrogens with zero attached hydrogens (tertiary/aromatic N) is 1. The second-order valence-corrected chi connectivity index (χ2v) is 3.03. The molecule has 0 aromatic heterocycles. The standard InChI is InChI=1S/C10H19N/c1-2-3-4-5-6-7-8-9-10-11/h2-9H2,1H3/i8+1,9+1. The summed E-state index contributed by atoms with van der Waals surface area (Å²) >= 11 is 0. The second-order valence-electron chi connectivity index (χ2n) is 3.03. The van der Waals surface area contributed by atoms with E-state index in [1.165, 1.54) is 38.5 Å². The highest BCUT2D eigenvalue weighted by atomic mass is 14.5. The van der Waals surface area contributed by atoms with Gasteiger partial charge in [0.25, 0.3) is 0 Å². The van der Waals surface area contributed by atoms with Gasteiger partial charge in [-0.3, -0.25) is 0 Å². The fourth-order valence-electron chi connectivity index (χ4n) is 1.16. The molecular weight excluding hydrogens is 136 g/mol. The van der Waals surface area contributed by atoms with E-state index < -0.39 is 0 Å². The molecule has 0 amide bonds. The molecular formula is C10H19N. The van der Waals surface area contributed by atoms with Gasteiger partial charge in [0.05, 0.1) is 6.07 Å². The Kier molecular flexibility index (Phi) is 9.05. The van der Waals surface area contributed by atoms with Crippen LogP contribution >= 0.6 is 0 Å². The van der Waals surface area contributed by atoms with Crippen molar-refractivity contribution >= 4 is 0 Å². The molecule has 0 heterocycles. The number of hydrogen-bond donors (Lipinski definition) is 0. The van der Waals surface area contributed by atoms with Crippen LogP contribution < -0.4 is 0 Å². The number of hydrogen-bond acceptors (Lipinski definition) is 1. The van der Waals surface area contributed by atoms with Crippen LogP contribution in [0.25, 0.3) is 0 Å². The Balaban J connectivity index is 2.75. The van der Waals surface area contributed by atoms with Crippen molar-refractivity contribution in [2.24, 2.45) is 0 Å². The van der Waals surface area contributed by atoms with Crippen LogP contribution in [-0.2, 0) is 0 Å². The molecule has 1 heteroatoms. The lowest BCUT2D eigenvalue weighted by Crippen LogP contribution is -1.78. The summed E-state index contributed by atoms with van der Waals surface area (Å²) in [6.45, 7) is 2.23. The van der Waals surface area contributed by atoms with E-state index in [-0.39, 0.29) is 0 Å². The average Bonchev–Trinajstić information content (AvgIpc) is 2.03. The molecule has 0 fully saturated rings. The third kappa shape index (κ3) is 9.49. The molecule has 0 spiro atoms. The molecule has 0 N–H and O–H groups in total. The molecule has 0 aliphatic rings. The van der Waals surface area contributed by atoms with Crippen LogP contribution in [0.1, 0.15) is 58.3 Å². The summed E-state index contributed by atoms with van der Waals surface area (Å²) in [7, 11) is 0. The van der Waals surface area contributed by atoms with Crippen LogP contribution in [0.3, 0.4) is 0 Å². The molecule has 11 heavy (non-hydrogen) atoms. The van der Waals surface area contributed by atoms with Crippen LogP contribution in [0.2, 0.25) is 0 Å². The van der Waals surface area contributed by atoms with Crippen LogP contribution in [-0.4, -0.2) is 0 Å². The summed E-state index contributed by atoms with van der Waals surface area (Å²) < 4.78 is 0. The molecule has 0 atom stereocenters. The fraction of sp³-hybridized carbons (Fsp3) is 0.900. The zero-order valence-electron chi connectivity index (χ0n) is 7.60. The van der Waals surface area contributed by atoms with Crippen LogP contribution in [0.15, 0.2) is 0 Å². The van der Waals surface area contributed by atoms with E-state index in [1.807, 2.05) is 0 Å². The second kappa shape index (κ2) is 9.49. The van der Waals surface area contributed by atoms with Gasteiger partial charge in [-0.25, -0.2) is 0 Å². The fourth-order valence-corrected chi connectivity index (χ4v) is 1.16. The van der Waals surface area contributed by atoms with E-state index in [1.54, 1.807) is 0 Å². The average molecular weight is 155 g/mol. The van der Waals surface area contributed by atoms with Gasteiger partial charge in [0.1, 0.15) is 0 Å². The Morgan fingerprint density at radius 3 is 2.00 bits per heavy atom. The van der Waals surface area contributed by atoms with Crippen molar-refractivity contribution in [3.63, 3.8) is 0 Å². The first-order valence-corrected chi connectivity index (χ1v) is 4.78. The molecule has 0 unspecified atom stereocenters. The number of rotatable bonds is 7. The van der Waals surface area contributed by atoms with E-state index >= 15 is 0 Å². The minimum absolute atomic E-state index is 0.744. The summed E-state index contributed by atoms with van der Waals surface area (Å²) in [6.07, 6.45) is 9.84. The monoisotopic (exact) mass is 155 g/mol. The first-order valence-electron chi connectivity index (χ1n) is 4.78. The maximum Gasteiger partial charge on any atom is 0.0621 e. The quantitative estimate of drug-likeness (QED) is 0.406. The minimum atomic E-state index is 0.744. The van der Waals surface area contributed by atoms with E-state index in [2.05, 4.69) is 13.0 Å². The molecule has 0 aliphatic carbocycles. The highest BCUT2D eigenvalue weighted by Crippen LogP contribution is 2.07. The summed E-state index contributed by atoms with van der Waals surface area (Å²) in [6, 6.07) is 2.17. The highest BCUT2D eigenvalue weighted by molar-refractivity contribution is 4.67. The van der Waals surface area contributed by atoms with Gasteiger partial charge < -0.3 is 0 Å². The van der Waals surface area contributed by atoms with Crippen molar-refractivity contribution in [1.82, 2.24) is 0 Å². The molecule has 64 valence electrons. The van der Waals surface area contributed by atoms with Crippen molar-refractivity contribution in [3.8, 4) is 6.07 Å². The Morgan fingerprint density at radius 2 is 1.45 bits per heavy atom. The Hall–Kier alpha value is -0.510. The first kappa shape index (κ1) is 10.5. The molecule has 0 saturated heterocycles. The van der Waals surface area contributed by atoms with Crippen molar-refractivity contribution in [2.75, 3.05) is 0 Å². The SMILES string of the molecule is CCCCCCC[13CH2][13CH2]C#N. The van der Waals surface area contributed by atoms with Gasteiger partial charge in [0.15, 0.2) is 0 Å². The molecule has 0 saturated carbocycles. The van der Waals surface area contributed by atoms with Crippen molar-refractivity contribution < 1.29 is 0 Å². The minimum Gasteiger partial charge on any atom is -0.198 e. The molecule has 0 aliphatic heterocycles. The van der Waals surface area contributed by atoms with Crippen molar-refractivity contribution in [3.05, 3.63) is 0 Å². The van der Waals surface area contributed by atoms with Gasteiger partial charge in [-0.2, -0.15) is 5.26 Å². The van der Waals surface area contributed by atoms with Crippen LogP contribution in [0.5, 0.6) is 0 Å². The third-order valence-electron chi connectivity index (χ3n) is 1.89. The van der Waals surface area contributed by atoms with Gasteiger partial charge in [-0.05, 0) is 6.42 Å². The van der Waals surface area contributed by atoms with Crippen LogP contribution in [0.4, 0.5) is 0 Å². The smallest absolute Gasteiger partial charge is 0.0621 e. The maximum atomic E-state index is 8.26. The number of unbranched alkanes of at least 4 members (excludes halogenated alkanes) is 7. The highest BCUT2D eigenvalue weighted by Gasteiger charge is 1.89. The predicted octanol–water partition coefficient (Wildman–Crippen LogP) is 3.65. The van der Waals surface area contributed by atoms with Gasteiger partial charge >= 0.3 is 0 Å². The van der Waals surface area contributed by atoms with Crippen molar-refractivity contribution in [2.45, 2.75) is 58.3 Å². The Bertz CT molecular complexity index is 102. The van der Waals surface area contributed by atoms with Gasteiger partial charge in [-0.1, -0.05) is 45.4 Å². The predicted molar refractivity (Wildman–Crippen MR) is 48.2 cm³/mol. The molecule has 0 aromatic rings. The van der Waals surface area contributed by atoms with E-state index in [0.717, 1.165) is 12.8 Å². The Labute approximate surface area is 70.4 Å². The maximum absolute atomic E-state index is 8.26. The molecule has 0 rings (SSSR count). The number of nitriles is 1. The van der Waals surface area contributed by atoms with Gasteiger partial charge in [0.2, 0.25) is 0 Å². The molecule has 0 radical (unpaired) electrons. The summed E-state index contributed by atoms with van der Waals surface area (Å²) in [5.41, 5.74) is 0. The summed E-state index contributed by atoms with van der Waals surface area (Å²) in [5, 5.41) is 8.26. The van der Waals surface area contributed by atoms with Gasteiger partial charge in [-0.15, -0.1) is 0 Å². The zero-order valence-corrected chi connectivity index (χ0v) is 7.60. The van der Waals surface area contributed by atoms with Crippen LogP contribution in [0, 0.1) is 11.3 Å². The summed E-state index contributed by atoms with van der Waals surface area (Å²) in [5.74, 6) is 0. The third-order valence-corrected chi connectivity index (χ3v) is 1.89. The largest absolute Gasteiger partial charge is 0.198 e. The summed E-state index contributed by atoms with van der Waals surface area (Å²) in [4.78, 5) is 0. The lowest BCUT2D eigenvalue weighted by molar-refractivity contribution is 0.593. The Morgan fingerprint density at radius 1 is 0.909 bits per heavy atom. The molecule has 0 bridgehead atoms. The first-order chi connectivity index (χ1) is 5.41. The zero-order chi connectivity index (χ0) is 8.36. The lowest BCUT2D eigenvalue weighted by Gasteiger charge is -1.97. The topological polar surface area (TPSA) is 23.8 Å². The van der Waals surface area contributed by atoms with E-state index in [9.17, 15) is 0 Å². The molecule has 0 aromatic carbocycles. The lowest BCUT2D eigenvalue weighted by atomic mass is 10.1. The van der Waals surface area contributed by atoms with Crippen molar-refractivity contribution in [1.29, 1.82) is 5.26 Å².